The van der Waals surface area contributed by atoms with Gasteiger partial charge in [0.15, 0.2) is 0 Å². The number of rotatable bonds is 5. The van der Waals surface area contributed by atoms with E-state index in [-0.39, 0.29) is 0 Å². The van der Waals surface area contributed by atoms with Crippen LogP contribution in [0.4, 0.5) is 0 Å². The maximum atomic E-state index is 6.34. The van der Waals surface area contributed by atoms with Crippen LogP contribution in [0.15, 0.2) is 12.7 Å². The molecule has 0 N–H and O–H groups in total. The lowest BCUT2D eigenvalue weighted by atomic mass is 9.83. The van der Waals surface area contributed by atoms with Crippen molar-refractivity contribution in [3.63, 3.8) is 0 Å². The molecule has 0 amide bonds. The molecule has 0 aromatic carbocycles. The van der Waals surface area contributed by atoms with E-state index >= 15 is 0 Å². The normalized spacial score (nSPS) is 35.0. The predicted molar refractivity (Wildman–Crippen MR) is 73.1 cm³/mol. The third-order valence-electron chi connectivity index (χ3n) is 4.65. The monoisotopic (exact) mass is 236 g/mol. The van der Waals surface area contributed by atoms with Crippen LogP contribution in [0.1, 0.15) is 64.7 Å². The van der Waals surface area contributed by atoms with E-state index in [1.54, 1.807) is 0 Å². The summed E-state index contributed by atoms with van der Waals surface area (Å²) in [5, 5.41) is 0. The second kappa shape index (κ2) is 6.58. The van der Waals surface area contributed by atoms with E-state index in [0.29, 0.717) is 18.1 Å². The third-order valence-corrected chi connectivity index (χ3v) is 4.65. The predicted octanol–water partition coefficient (Wildman–Crippen LogP) is 4.72. The van der Waals surface area contributed by atoms with Gasteiger partial charge in [0, 0.05) is 5.92 Å². The number of ether oxygens (including phenoxy) is 1. The summed E-state index contributed by atoms with van der Waals surface area (Å²) in [6.07, 6.45) is 15.3. The van der Waals surface area contributed by atoms with Gasteiger partial charge < -0.3 is 4.74 Å². The number of unbranched alkanes of at least 4 members (excludes halogenated alkanes) is 1. The minimum atomic E-state index is 0.472. The van der Waals surface area contributed by atoms with Crippen molar-refractivity contribution in [1.82, 2.24) is 0 Å². The molecule has 1 aliphatic carbocycles. The number of hydrogen-bond acceptors (Lipinski definition) is 1. The Balaban J connectivity index is 1.86. The quantitative estimate of drug-likeness (QED) is 0.628. The smallest absolute Gasteiger partial charge is 0.0642 e. The van der Waals surface area contributed by atoms with Crippen LogP contribution in [0.25, 0.3) is 0 Å². The molecule has 0 spiro atoms. The molecule has 0 aromatic heterocycles. The Morgan fingerprint density at radius 3 is 2.65 bits per heavy atom. The van der Waals surface area contributed by atoms with Crippen molar-refractivity contribution in [1.29, 1.82) is 0 Å². The molecule has 0 unspecified atom stereocenters. The maximum Gasteiger partial charge on any atom is 0.0642 e. The minimum Gasteiger partial charge on any atom is -0.374 e. The Hall–Kier alpha value is -0.300. The van der Waals surface area contributed by atoms with E-state index in [1.165, 1.54) is 57.8 Å². The summed E-state index contributed by atoms with van der Waals surface area (Å²) in [5.41, 5.74) is 0. The molecule has 2 aliphatic rings. The molecular formula is C16H28O. The van der Waals surface area contributed by atoms with Gasteiger partial charge in [-0.15, -0.1) is 6.58 Å². The first-order chi connectivity index (χ1) is 8.35. The first-order valence-corrected chi connectivity index (χ1v) is 7.63. The summed E-state index contributed by atoms with van der Waals surface area (Å²) in [5.74, 6) is 1.46. The van der Waals surface area contributed by atoms with Gasteiger partial charge in [-0.3, -0.25) is 0 Å². The standard InChI is InChI=1S/C16H28O/c1-3-5-11-15-13(4-2)12-16(17-15)14-9-7-6-8-10-14/h4,13-16H,2-3,5-12H2,1H3/t13-,15-,16-/m0/s1. The lowest BCUT2D eigenvalue weighted by Gasteiger charge is -2.27. The fourth-order valence-corrected chi connectivity index (χ4v) is 3.55. The first kappa shape index (κ1) is 13.1. The van der Waals surface area contributed by atoms with Crippen LogP contribution in [0.5, 0.6) is 0 Å². The SMILES string of the molecule is C=C[C@H]1C[C@@H](C2CCCCC2)O[C@H]1CCCC. The van der Waals surface area contributed by atoms with E-state index in [4.69, 9.17) is 4.74 Å². The Morgan fingerprint density at radius 2 is 2.00 bits per heavy atom. The van der Waals surface area contributed by atoms with Crippen molar-refractivity contribution >= 4 is 0 Å². The van der Waals surface area contributed by atoms with Gasteiger partial charge in [0.1, 0.15) is 0 Å². The summed E-state index contributed by atoms with van der Waals surface area (Å²) in [4.78, 5) is 0. The Kier molecular flexibility index (Phi) is 5.09. The highest BCUT2D eigenvalue weighted by molar-refractivity contribution is 4.94. The summed E-state index contributed by atoms with van der Waals surface area (Å²) >= 11 is 0. The molecule has 1 aliphatic heterocycles. The van der Waals surface area contributed by atoms with Crippen molar-refractivity contribution in [3.8, 4) is 0 Å². The fraction of sp³-hybridized carbons (Fsp3) is 0.875. The molecule has 2 rings (SSSR count). The molecule has 17 heavy (non-hydrogen) atoms. The highest BCUT2D eigenvalue weighted by Crippen LogP contribution is 2.39. The summed E-state index contributed by atoms with van der Waals surface area (Å²) in [6.45, 7) is 6.26. The Bertz CT molecular complexity index is 230. The van der Waals surface area contributed by atoms with Crippen molar-refractivity contribution in [3.05, 3.63) is 12.7 Å². The van der Waals surface area contributed by atoms with E-state index < -0.39 is 0 Å². The summed E-state index contributed by atoms with van der Waals surface area (Å²) in [7, 11) is 0. The van der Waals surface area contributed by atoms with Crippen molar-refractivity contribution in [2.24, 2.45) is 11.8 Å². The second-order valence-corrected chi connectivity index (χ2v) is 5.89. The van der Waals surface area contributed by atoms with E-state index in [1.807, 2.05) is 0 Å². The molecule has 0 bridgehead atoms. The minimum absolute atomic E-state index is 0.472. The van der Waals surface area contributed by atoms with Crippen LogP contribution in [0, 0.1) is 11.8 Å². The van der Waals surface area contributed by atoms with Gasteiger partial charge in [-0.25, -0.2) is 0 Å². The third kappa shape index (κ3) is 3.34. The lowest BCUT2D eigenvalue weighted by Crippen LogP contribution is -2.23. The zero-order valence-electron chi connectivity index (χ0n) is 11.4. The molecule has 2 fully saturated rings. The topological polar surface area (TPSA) is 9.23 Å². The van der Waals surface area contributed by atoms with Crippen LogP contribution < -0.4 is 0 Å². The van der Waals surface area contributed by atoms with Crippen molar-refractivity contribution in [2.75, 3.05) is 0 Å². The molecule has 3 atom stereocenters. The number of hydrogen-bond donors (Lipinski definition) is 0. The van der Waals surface area contributed by atoms with Gasteiger partial charge in [-0.05, 0) is 31.6 Å². The zero-order valence-corrected chi connectivity index (χ0v) is 11.4. The van der Waals surface area contributed by atoms with Gasteiger partial charge >= 0.3 is 0 Å². The molecule has 1 saturated carbocycles. The largest absolute Gasteiger partial charge is 0.374 e. The molecule has 0 aromatic rings. The average molecular weight is 236 g/mol. The zero-order chi connectivity index (χ0) is 12.1. The van der Waals surface area contributed by atoms with E-state index in [0.717, 1.165) is 5.92 Å². The van der Waals surface area contributed by atoms with Gasteiger partial charge in [-0.1, -0.05) is 45.1 Å². The van der Waals surface area contributed by atoms with Crippen LogP contribution in [-0.4, -0.2) is 12.2 Å². The first-order valence-electron chi connectivity index (χ1n) is 7.63. The summed E-state index contributed by atoms with van der Waals surface area (Å²) < 4.78 is 6.34. The van der Waals surface area contributed by atoms with Crippen LogP contribution in [0.3, 0.4) is 0 Å². The fourth-order valence-electron chi connectivity index (χ4n) is 3.55. The van der Waals surface area contributed by atoms with Crippen LogP contribution in [0.2, 0.25) is 0 Å². The van der Waals surface area contributed by atoms with Gasteiger partial charge in [0.05, 0.1) is 12.2 Å². The molecular weight excluding hydrogens is 208 g/mol. The second-order valence-electron chi connectivity index (χ2n) is 5.89. The summed E-state index contributed by atoms with van der Waals surface area (Å²) in [6, 6.07) is 0. The molecule has 1 saturated heterocycles. The maximum absolute atomic E-state index is 6.34. The highest BCUT2D eigenvalue weighted by atomic mass is 16.5. The van der Waals surface area contributed by atoms with Gasteiger partial charge in [-0.2, -0.15) is 0 Å². The van der Waals surface area contributed by atoms with Crippen LogP contribution >= 0.6 is 0 Å². The average Bonchev–Trinajstić information content (AvgIpc) is 2.80. The Labute approximate surface area is 107 Å². The van der Waals surface area contributed by atoms with Crippen molar-refractivity contribution in [2.45, 2.75) is 76.9 Å². The Morgan fingerprint density at radius 1 is 1.24 bits per heavy atom. The molecule has 0 radical (unpaired) electrons. The van der Waals surface area contributed by atoms with Crippen LogP contribution in [-0.2, 0) is 4.74 Å². The molecule has 98 valence electrons. The molecule has 1 nitrogen and oxygen atoms in total. The van der Waals surface area contributed by atoms with E-state index in [9.17, 15) is 0 Å². The molecule has 1 heterocycles. The van der Waals surface area contributed by atoms with Gasteiger partial charge in [0.2, 0.25) is 0 Å². The van der Waals surface area contributed by atoms with E-state index in [2.05, 4.69) is 19.6 Å². The molecule has 1 heteroatoms. The van der Waals surface area contributed by atoms with Crippen molar-refractivity contribution < 1.29 is 4.74 Å². The highest BCUT2D eigenvalue weighted by Gasteiger charge is 2.37. The lowest BCUT2D eigenvalue weighted by molar-refractivity contribution is -0.00718. The van der Waals surface area contributed by atoms with Gasteiger partial charge in [0.25, 0.3) is 0 Å².